The summed E-state index contributed by atoms with van der Waals surface area (Å²) < 4.78 is 0. The first-order valence-electron chi connectivity index (χ1n) is 8.11. The monoisotopic (exact) mass is 315 g/mol. The lowest BCUT2D eigenvalue weighted by atomic mass is 10.1. The molecule has 5 heteroatoms. The highest BCUT2D eigenvalue weighted by atomic mass is 16.2. The predicted molar refractivity (Wildman–Crippen MR) is 92.2 cm³/mol. The molecule has 23 heavy (non-hydrogen) atoms. The molecule has 2 N–H and O–H groups in total. The molecule has 0 saturated heterocycles. The van der Waals surface area contributed by atoms with E-state index in [9.17, 15) is 9.59 Å². The molecule has 0 aliphatic heterocycles. The summed E-state index contributed by atoms with van der Waals surface area (Å²) in [6, 6.07) is 8.19. The summed E-state index contributed by atoms with van der Waals surface area (Å²) in [5.74, 6) is -0.175. The van der Waals surface area contributed by atoms with Crippen LogP contribution in [0.2, 0.25) is 0 Å². The minimum atomic E-state index is -0.111. The summed E-state index contributed by atoms with van der Waals surface area (Å²) in [7, 11) is 0. The number of nitrogens with zero attached hydrogens (tertiary/aromatic N) is 1. The number of benzene rings is 1. The van der Waals surface area contributed by atoms with Crippen molar-refractivity contribution in [3.63, 3.8) is 0 Å². The molecule has 0 spiro atoms. The molecule has 1 heterocycles. The highest BCUT2D eigenvalue weighted by Gasteiger charge is 2.18. The maximum Gasteiger partial charge on any atom is 0.239 e. The number of para-hydroxylation sites is 1. The fourth-order valence-electron chi connectivity index (χ4n) is 2.68. The van der Waals surface area contributed by atoms with Crippen LogP contribution in [0.1, 0.15) is 32.8 Å². The zero-order valence-electron chi connectivity index (χ0n) is 14.1. The number of carbonyl (C=O) groups is 2. The van der Waals surface area contributed by atoms with E-state index in [0.29, 0.717) is 6.54 Å². The fourth-order valence-corrected chi connectivity index (χ4v) is 2.68. The third-order valence-electron chi connectivity index (χ3n) is 4.23. The Kier molecular flexibility index (Phi) is 5.79. The molecule has 0 saturated carbocycles. The number of amides is 2. The maximum atomic E-state index is 12.1. The maximum absolute atomic E-state index is 12.1. The molecule has 2 rings (SSSR count). The van der Waals surface area contributed by atoms with Gasteiger partial charge in [0.2, 0.25) is 11.8 Å². The van der Waals surface area contributed by atoms with E-state index in [1.54, 1.807) is 4.90 Å². The lowest BCUT2D eigenvalue weighted by molar-refractivity contribution is -0.136. The third kappa shape index (κ3) is 4.34. The van der Waals surface area contributed by atoms with E-state index in [0.717, 1.165) is 18.4 Å². The van der Waals surface area contributed by atoms with Crippen molar-refractivity contribution in [2.45, 2.75) is 39.7 Å². The molecule has 1 unspecified atom stereocenters. The largest absolute Gasteiger partial charge is 0.361 e. The molecule has 0 aliphatic carbocycles. The lowest BCUT2D eigenvalue weighted by Gasteiger charge is -2.26. The van der Waals surface area contributed by atoms with Crippen molar-refractivity contribution in [3.8, 4) is 0 Å². The van der Waals surface area contributed by atoms with Crippen molar-refractivity contribution in [2.75, 3.05) is 13.1 Å². The topological polar surface area (TPSA) is 65.2 Å². The zero-order valence-corrected chi connectivity index (χ0v) is 14.1. The van der Waals surface area contributed by atoms with Crippen molar-refractivity contribution < 1.29 is 9.59 Å². The zero-order chi connectivity index (χ0) is 16.8. The number of aromatic nitrogens is 1. The second-order valence-electron chi connectivity index (χ2n) is 5.86. The van der Waals surface area contributed by atoms with E-state index < -0.39 is 0 Å². The molecule has 5 nitrogen and oxygen atoms in total. The lowest BCUT2D eigenvalue weighted by Crippen LogP contribution is -2.44. The molecule has 2 aromatic rings. The molecule has 1 aromatic heterocycles. The van der Waals surface area contributed by atoms with Gasteiger partial charge in [0.1, 0.15) is 0 Å². The third-order valence-corrected chi connectivity index (χ3v) is 4.23. The predicted octanol–water partition coefficient (Wildman–Crippen LogP) is 2.47. The highest BCUT2D eigenvalue weighted by molar-refractivity contribution is 5.84. The Hall–Kier alpha value is -2.30. The number of hydrogen-bond donors (Lipinski definition) is 2. The summed E-state index contributed by atoms with van der Waals surface area (Å²) in [5.41, 5.74) is 2.29. The van der Waals surface area contributed by atoms with Crippen LogP contribution in [0.3, 0.4) is 0 Å². The molecule has 124 valence electrons. The van der Waals surface area contributed by atoms with E-state index in [-0.39, 0.29) is 24.4 Å². The number of carbonyl (C=O) groups excluding carboxylic acids is 2. The van der Waals surface area contributed by atoms with Gasteiger partial charge in [-0.2, -0.15) is 0 Å². The van der Waals surface area contributed by atoms with E-state index in [4.69, 9.17) is 0 Å². The first kappa shape index (κ1) is 17.1. The Bertz CT molecular complexity index is 678. The minimum absolute atomic E-state index is 0.0638. The van der Waals surface area contributed by atoms with Crippen LogP contribution in [0, 0.1) is 0 Å². The van der Waals surface area contributed by atoms with E-state index in [1.807, 2.05) is 38.2 Å². The van der Waals surface area contributed by atoms with Crippen LogP contribution in [-0.2, 0) is 16.0 Å². The second kappa shape index (κ2) is 7.81. The van der Waals surface area contributed by atoms with Crippen LogP contribution in [0.5, 0.6) is 0 Å². The van der Waals surface area contributed by atoms with Crippen molar-refractivity contribution in [1.82, 2.24) is 15.2 Å². The van der Waals surface area contributed by atoms with E-state index in [2.05, 4.69) is 16.4 Å². The molecule has 0 radical (unpaired) electrons. The van der Waals surface area contributed by atoms with Gasteiger partial charge in [0, 0.05) is 36.6 Å². The van der Waals surface area contributed by atoms with Gasteiger partial charge in [-0.15, -0.1) is 0 Å². The van der Waals surface area contributed by atoms with Gasteiger partial charge in [-0.3, -0.25) is 9.59 Å². The van der Waals surface area contributed by atoms with Crippen LogP contribution >= 0.6 is 0 Å². The van der Waals surface area contributed by atoms with Crippen LogP contribution < -0.4 is 5.32 Å². The van der Waals surface area contributed by atoms with Gasteiger partial charge in [0.05, 0.1) is 6.54 Å². The average Bonchev–Trinajstić information content (AvgIpc) is 2.95. The summed E-state index contributed by atoms with van der Waals surface area (Å²) in [5, 5.41) is 4.09. The number of fused-ring (bicyclic) bond motifs is 1. The number of aromatic amines is 1. The smallest absolute Gasteiger partial charge is 0.239 e. The van der Waals surface area contributed by atoms with E-state index in [1.165, 1.54) is 17.9 Å². The minimum Gasteiger partial charge on any atom is -0.361 e. The van der Waals surface area contributed by atoms with Gasteiger partial charge in [0.15, 0.2) is 0 Å². The Labute approximate surface area is 137 Å². The Morgan fingerprint density at radius 2 is 2.04 bits per heavy atom. The molecule has 1 atom stereocenters. The van der Waals surface area contributed by atoms with Crippen molar-refractivity contribution in [3.05, 3.63) is 36.0 Å². The fraction of sp³-hybridized carbons (Fsp3) is 0.444. The summed E-state index contributed by atoms with van der Waals surface area (Å²) in [4.78, 5) is 28.5. The molecule has 2 amide bonds. The normalized spacial score (nSPS) is 12.1. The molecular weight excluding hydrogens is 290 g/mol. The van der Waals surface area contributed by atoms with Gasteiger partial charge in [-0.25, -0.2) is 0 Å². The van der Waals surface area contributed by atoms with Crippen LogP contribution in [0.15, 0.2) is 30.5 Å². The molecule has 0 bridgehead atoms. The molecule has 0 fully saturated rings. The van der Waals surface area contributed by atoms with Crippen molar-refractivity contribution in [2.24, 2.45) is 0 Å². The van der Waals surface area contributed by atoms with Crippen molar-refractivity contribution in [1.29, 1.82) is 0 Å². The van der Waals surface area contributed by atoms with Crippen LogP contribution in [-0.4, -0.2) is 40.8 Å². The van der Waals surface area contributed by atoms with Gasteiger partial charge in [0.25, 0.3) is 0 Å². The van der Waals surface area contributed by atoms with Gasteiger partial charge in [-0.05, 0) is 31.4 Å². The Balaban J connectivity index is 1.86. The summed E-state index contributed by atoms with van der Waals surface area (Å²) in [6.45, 7) is 6.16. The number of nitrogens with one attached hydrogen (secondary N) is 2. The number of hydrogen-bond acceptors (Lipinski definition) is 2. The summed E-state index contributed by atoms with van der Waals surface area (Å²) >= 11 is 0. The molecular formula is C18H25N3O2. The second-order valence-corrected chi connectivity index (χ2v) is 5.86. The Morgan fingerprint density at radius 1 is 1.30 bits per heavy atom. The highest BCUT2D eigenvalue weighted by Crippen LogP contribution is 2.17. The van der Waals surface area contributed by atoms with Crippen molar-refractivity contribution >= 4 is 22.7 Å². The van der Waals surface area contributed by atoms with Gasteiger partial charge in [-0.1, -0.05) is 25.1 Å². The van der Waals surface area contributed by atoms with Gasteiger partial charge >= 0.3 is 0 Å². The molecule has 0 aliphatic rings. The first-order chi connectivity index (χ1) is 11.0. The number of rotatable bonds is 7. The van der Waals surface area contributed by atoms with Crippen LogP contribution in [0.4, 0.5) is 0 Å². The Morgan fingerprint density at radius 3 is 2.74 bits per heavy atom. The standard InChI is InChI=1S/C18H25N3O2/c1-4-13(2)21(14(3)22)12-18(23)19-10-9-15-11-20-17-8-6-5-7-16(15)17/h5-8,11,13,20H,4,9-10,12H2,1-3H3,(H,19,23). The van der Waals surface area contributed by atoms with Crippen LogP contribution in [0.25, 0.3) is 10.9 Å². The number of H-pyrrole nitrogens is 1. The van der Waals surface area contributed by atoms with E-state index >= 15 is 0 Å². The summed E-state index contributed by atoms with van der Waals surface area (Å²) in [6.07, 6.45) is 3.58. The van der Waals surface area contributed by atoms with Gasteiger partial charge < -0.3 is 15.2 Å². The molecule has 1 aromatic carbocycles. The first-order valence-corrected chi connectivity index (χ1v) is 8.11. The quantitative estimate of drug-likeness (QED) is 0.824. The average molecular weight is 315 g/mol. The SMILES string of the molecule is CCC(C)N(CC(=O)NCCc1c[nH]c2ccccc12)C(C)=O.